The molecular formula is C12H19PS. The van der Waals surface area contributed by atoms with Crippen LogP contribution in [0.1, 0.15) is 27.7 Å². The van der Waals surface area contributed by atoms with Crippen LogP contribution in [0.2, 0.25) is 0 Å². The quantitative estimate of drug-likeness (QED) is 0.586. The summed E-state index contributed by atoms with van der Waals surface area (Å²) in [6.45, 7) is 9.25. The number of hydrogen-bond acceptors (Lipinski definition) is 1. The molecule has 0 N–H and O–H groups in total. The Morgan fingerprint density at radius 1 is 1.00 bits per heavy atom. The Hall–Kier alpha value is -0.0000000000000000555. The van der Waals surface area contributed by atoms with E-state index in [1.807, 2.05) is 0 Å². The van der Waals surface area contributed by atoms with Crippen LogP contribution in [0.3, 0.4) is 0 Å². The Morgan fingerprint density at radius 3 is 1.93 bits per heavy atom. The summed E-state index contributed by atoms with van der Waals surface area (Å²) in [5.41, 5.74) is 1.47. The molecule has 0 amide bonds. The standard InChI is InChI=1S/C12H19PS/c1-9(2)13(10(3)4)11-7-5-6-8-12(11)14/h5-10,14H,1-4H3. The van der Waals surface area contributed by atoms with Gasteiger partial charge in [-0.1, -0.05) is 53.8 Å². The second-order valence-corrected chi connectivity index (χ2v) is 7.93. The lowest BCUT2D eigenvalue weighted by molar-refractivity contribution is 1.02. The highest BCUT2D eigenvalue weighted by atomic mass is 32.1. The van der Waals surface area contributed by atoms with Gasteiger partial charge < -0.3 is 0 Å². The third kappa shape index (κ3) is 2.74. The molecule has 78 valence electrons. The molecule has 0 unspecified atom stereocenters. The number of hydrogen-bond donors (Lipinski definition) is 1. The minimum atomic E-state index is -0.0710. The molecular weight excluding hydrogens is 207 g/mol. The van der Waals surface area contributed by atoms with E-state index in [0.29, 0.717) is 0 Å². The molecule has 14 heavy (non-hydrogen) atoms. The van der Waals surface area contributed by atoms with Crippen molar-refractivity contribution in [1.29, 1.82) is 0 Å². The molecule has 0 aliphatic heterocycles. The van der Waals surface area contributed by atoms with Crippen molar-refractivity contribution in [2.75, 3.05) is 0 Å². The highest BCUT2D eigenvalue weighted by molar-refractivity contribution is 7.81. The van der Waals surface area contributed by atoms with Crippen LogP contribution in [0.15, 0.2) is 29.2 Å². The number of thiol groups is 1. The van der Waals surface area contributed by atoms with Crippen LogP contribution in [-0.4, -0.2) is 11.3 Å². The van der Waals surface area contributed by atoms with Crippen molar-refractivity contribution in [3.05, 3.63) is 24.3 Å². The minimum Gasteiger partial charge on any atom is -0.143 e. The van der Waals surface area contributed by atoms with Crippen LogP contribution in [0, 0.1) is 0 Å². The van der Waals surface area contributed by atoms with E-state index in [0.717, 1.165) is 16.2 Å². The molecule has 0 aromatic heterocycles. The normalized spacial score (nSPS) is 11.7. The first kappa shape index (κ1) is 12.1. The predicted molar refractivity (Wildman–Crippen MR) is 70.5 cm³/mol. The molecule has 2 heteroatoms. The lowest BCUT2D eigenvalue weighted by atomic mass is 10.4. The number of benzene rings is 1. The Kier molecular flexibility index (Phi) is 4.47. The van der Waals surface area contributed by atoms with E-state index in [4.69, 9.17) is 0 Å². The smallest absolute Gasteiger partial charge is 0.0117 e. The lowest BCUT2D eigenvalue weighted by Crippen LogP contribution is -2.16. The summed E-state index contributed by atoms with van der Waals surface area (Å²) < 4.78 is 0. The SMILES string of the molecule is CC(C)P(c1ccccc1S)C(C)C. The maximum Gasteiger partial charge on any atom is 0.0117 e. The van der Waals surface area contributed by atoms with Gasteiger partial charge >= 0.3 is 0 Å². The van der Waals surface area contributed by atoms with Gasteiger partial charge in [0.05, 0.1) is 0 Å². The molecule has 1 aromatic rings. The zero-order chi connectivity index (χ0) is 10.7. The molecule has 1 aromatic carbocycles. The minimum absolute atomic E-state index is 0.0710. The fraction of sp³-hybridized carbons (Fsp3) is 0.500. The Bertz CT molecular complexity index is 286. The summed E-state index contributed by atoms with van der Waals surface area (Å²) in [7, 11) is -0.0710. The maximum absolute atomic E-state index is 4.54. The molecule has 0 atom stereocenters. The third-order valence-electron chi connectivity index (χ3n) is 2.27. The third-order valence-corrected chi connectivity index (χ3v) is 6.01. The largest absolute Gasteiger partial charge is 0.143 e. The van der Waals surface area contributed by atoms with Gasteiger partial charge in [0.15, 0.2) is 0 Å². The second kappa shape index (κ2) is 5.19. The molecule has 0 radical (unpaired) electrons. The second-order valence-electron chi connectivity index (χ2n) is 4.08. The van der Waals surface area contributed by atoms with Gasteiger partial charge in [0.25, 0.3) is 0 Å². The van der Waals surface area contributed by atoms with Gasteiger partial charge in [0, 0.05) is 4.90 Å². The number of rotatable bonds is 3. The van der Waals surface area contributed by atoms with Crippen molar-refractivity contribution in [2.45, 2.75) is 43.9 Å². The fourth-order valence-corrected chi connectivity index (χ4v) is 5.24. The first-order chi connectivity index (χ1) is 6.54. The summed E-state index contributed by atoms with van der Waals surface area (Å²) in [5, 5.41) is 1.45. The summed E-state index contributed by atoms with van der Waals surface area (Å²) in [6.07, 6.45) is 0. The van der Waals surface area contributed by atoms with Gasteiger partial charge in [-0.05, 0) is 22.7 Å². The Labute approximate surface area is 94.3 Å². The molecule has 0 aliphatic rings. The zero-order valence-corrected chi connectivity index (χ0v) is 11.1. The molecule has 1 rings (SSSR count). The summed E-state index contributed by atoms with van der Waals surface area (Å²) >= 11 is 4.54. The van der Waals surface area contributed by atoms with Gasteiger partial charge in [-0.15, -0.1) is 12.6 Å². The van der Waals surface area contributed by atoms with Gasteiger partial charge in [-0.2, -0.15) is 0 Å². The van der Waals surface area contributed by atoms with Crippen LogP contribution < -0.4 is 5.30 Å². The fourth-order valence-electron chi connectivity index (χ4n) is 1.84. The first-order valence-electron chi connectivity index (χ1n) is 5.10. The van der Waals surface area contributed by atoms with Crippen molar-refractivity contribution < 1.29 is 0 Å². The molecule has 0 heterocycles. The summed E-state index contributed by atoms with van der Waals surface area (Å²) in [5.74, 6) is 0. The van der Waals surface area contributed by atoms with Crippen molar-refractivity contribution >= 4 is 25.9 Å². The Balaban J connectivity index is 3.05. The van der Waals surface area contributed by atoms with Crippen LogP contribution in [0.5, 0.6) is 0 Å². The predicted octanol–water partition coefficient (Wildman–Crippen LogP) is 3.90. The van der Waals surface area contributed by atoms with Crippen molar-refractivity contribution in [3.8, 4) is 0 Å². The molecule has 0 saturated carbocycles. The van der Waals surface area contributed by atoms with Crippen LogP contribution in [0.4, 0.5) is 0 Å². The van der Waals surface area contributed by atoms with Crippen LogP contribution in [-0.2, 0) is 0 Å². The molecule has 0 saturated heterocycles. The summed E-state index contributed by atoms with van der Waals surface area (Å²) in [6, 6.07) is 8.50. The topological polar surface area (TPSA) is 0 Å². The van der Waals surface area contributed by atoms with E-state index in [-0.39, 0.29) is 7.92 Å². The Morgan fingerprint density at radius 2 is 1.50 bits per heavy atom. The zero-order valence-electron chi connectivity index (χ0n) is 9.36. The van der Waals surface area contributed by atoms with E-state index in [2.05, 4.69) is 64.6 Å². The van der Waals surface area contributed by atoms with E-state index in [9.17, 15) is 0 Å². The average Bonchev–Trinajstić information content (AvgIpc) is 2.07. The van der Waals surface area contributed by atoms with E-state index in [1.54, 1.807) is 0 Å². The van der Waals surface area contributed by atoms with Crippen molar-refractivity contribution in [3.63, 3.8) is 0 Å². The van der Waals surface area contributed by atoms with Crippen LogP contribution >= 0.6 is 20.6 Å². The first-order valence-corrected chi connectivity index (χ1v) is 7.03. The molecule has 0 spiro atoms. The molecule has 0 fully saturated rings. The van der Waals surface area contributed by atoms with E-state index < -0.39 is 0 Å². The summed E-state index contributed by atoms with van der Waals surface area (Å²) in [4.78, 5) is 1.15. The van der Waals surface area contributed by atoms with E-state index >= 15 is 0 Å². The molecule has 0 bridgehead atoms. The average molecular weight is 226 g/mol. The lowest BCUT2D eigenvalue weighted by Gasteiger charge is -2.27. The highest BCUT2D eigenvalue weighted by Crippen LogP contribution is 2.45. The van der Waals surface area contributed by atoms with Crippen molar-refractivity contribution in [2.24, 2.45) is 0 Å². The maximum atomic E-state index is 4.54. The van der Waals surface area contributed by atoms with Gasteiger partial charge in [-0.25, -0.2) is 0 Å². The van der Waals surface area contributed by atoms with Crippen LogP contribution in [0.25, 0.3) is 0 Å². The van der Waals surface area contributed by atoms with Gasteiger partial charge in [-0.3, -0.25) is 0 Å². The monoisotopic (exact) mass is 226 g/mol. The van der Waals surface area contributed by atoms with Gasteiger partial charge in [0.2, 0.25) is 0 Å². The van der Waals surface area contributed by atoms with Crippen molar-refractivity contribution in [1.82, 2.24) is 0 Å². The van der Waals surface area contributed by atoms with E-state index in [1.165, 1.54) is 5.30 Å². The molecule has 0 aliphatic carbocycles. The highest BCUT2D eigenvalue weighted by Gasteiger charge is 2.20. The molecule has 0 nitrogen and oxygen atoms in total. The van der Waals surface area contributed by atoms with Gasteiger partial charge in [0.1, 0.15) is 0 Å².